The molecule has 0 aliphatic heterocycles. The molecule has 5 heteroatoms. The molecular weight excluding hydrogens is 406 g/mol. The van der Waals surface area contributed by atoms with Crippen molar-refractivity contribution in [2.45, 2.75) is 26.7 Å². The first-order valence-electron chi connectivity index (χ1n) is 10.2. The van der Waals surface area contributed by atoms with E-state index in [4.69, 9.17) is 11.6 Å². The Morgan fingerprint density at radius 3 is 2.39 bits per heavy atom. The minimum atomic E-state index is 0.439. The molecule has 156 valence electrons. The summed E-state index contributed by atoms with van der Waals surface area (Å²) < 4.78 is 1.97. The molecule has 1 heterocycles. The van der Waals surface area contributed by atoms with Crippen molar-refractivity contribution in [2.24, 2.45) is 5.16 Å². The second-order valence-electron chi connectivity index (χ2n) is 7.81. The molecule has 0 atom stereocenters. The van der Waals surface area contributed by atoms with Crippen molar-refractivity contribution in [1.29, 1.82) is 0 Å². The second kappa shape index (κ2) is 8.78. The van der Waals surface area contributed by atoms with Crippen LogP contribution in [0.4, 0.5) is 0 Å². The van der Waals surface area contributed by atoms with E-state index in [1.165, 1.54) is 11.1 Å². The SMILES string of the molecule is CC(=NO)c1cn(-c2ccc(-c3cccc(C(C)C)c3)cc2)c(-c2ccccc2Cl)n1. The summed E-state index contributed by atoms with van der Waals surface area (Å²) in [6, 6.07) is 24.6. The lowest BCUT2D eigenvalue weighted by atomic mass is 9.97. The number of benzene rings is 3. The van der Waals surface area contributed by atoms with Crippen LogP contribution in [-0.4, -0.2) is 20.5 Å². The minimum Gasteiger partial charge on any atom is -0.411 e. The van der Waals surface area contributed by atoms with Gasteiger partial charge in [0.2, 0.25) is 0 Å². The molecule has 0 radical (unpaired) electrons. The van der Waals surface area contributed by atoms with Crippen molar-refractivity contribution in [3.8, 4) is 28.2 Å². The average molecular weight is 430 g/mol. The van der Waals surface area contributed by atoms with E-state index in [0.717, 1.165) is 16.8 Å². The van der Waals surface area contributed by atoms with Gasteiger partial charge >= 0.3 is 0 Å². The highest BCUT2D eigenvalue weighted by molar-refractivity contribution is 6.33. The fraction of sp³-hybridized carbons (Fsp3) is 0.154. The topological polar surface area (TPSA) is 50.4 Å². The molecule has 3 aromatic carbocycles. The van der Waals surface area contributed by atoms with Crippen molar-refractivity contribution in [3.63, 3.8) is 0 Å². The maximum atomic E-state index is 9.22. The Bertz CT molecular complexity index is 1240. The Hall–Kier alpha value is -3.37. The molecule has 0 saturated carbocycles. The molecule has 0 fully saturated rings. The summed E-state index contributed by atoms with van der Waals surface area (Å²) in [5.74, 6) is 1.18. The Morgan fingerprint density at radius 1 is 0.968 bits per heavy atom. The summed E-state index contributed by atoms with van der Waals surface area (Å²) in [6.45, 7) is 6.12. The molecular formula is C26H24ClN3O. The van der Waals surface area contributed by atoms with Crippen molar-refractivity contribution in [3.05, 3.63) is 95.3 Å². The predicted octanol–water partition coefficient (Wildman–Crippen LogP) is 7.18. The highest BCUT2D eigenvalue weighted by Crippen LogP contribution is 2.31. The third-order valence-electron chi connectivity index (χ3n) is 5.37. The van der Waals surface area contributed by atoms with Gasteiger partial charge in [0.05, 0.1) is 5.02 Å². The fourth-order valence-corrected chi connectivity index (χ4v) is 3.75. The number of nitrogens with zero attached hydrogens (tertiary/aromatic N) is 3. The maximum Gasteiger partial charge on any atom is 0.146 e. The molecule has 0 amide bonds. The van der Waals surface area contributed by atoms with Crippen molar-refractivity contribution < 1.29 is 5.21 Å². The molecule has 0 bridgehead atoms. The summed E-state index contributed by atoms with van der Waals surface area (Å²) in [4.78, 5) is 4.69. The van der Waals surface area contributed by atoms with Crippen molar-refractivity contribution in [1.82, 2.24) is 9.55 Å². The van der Waals surface area contributed by atoms with Crippen LogP contribution in [0, 0.1) is 0 Å². The van der Waals surface area contributed by atoms with Crippen LogP contribution in [0.25, 0.3) is 28.2 Å². The smallest absolute Gasteiger partial charge is 0.146 e. The number of hydrogen-bond donors (Lipinski definition) is 1. The number of imidazole rings is 1. The predicted molar refractivity (Wildman–Crippen MR) is 128 cm³/mol. The third kappa shape index (κ3) is 4.25. The zero-order chi connectivity index (χ0) is 22.0. The fourth-order valence-electron chi connectivity index (χ4n) is 3.53. The summed E-state index contributed by atoms with van der Waals surface area (Å²) in [5.41, 5.74) is 6.46. The van der Waals surface area contributed by atoms with Gasteiger partial charge in [-0.05, 0) is 53.8 Å². The molecule has 1 aromatic heterocycles. The lowest BCUT2D eigenvalue weighted by molar-refractivity contribution is 0.319. The summed E-state index contributed by atoms with van der Waals surface area (Å²) in [6.07, 6.45) is 1.86. The number of oxime groups is 1. The number of hydrogen-bond acceptors (Lipinski definition) is 3. The first-order chi connectivity index (χ1) is 15.0. The van der Waals surface area contributed by atoms with E-state index in [0.29, 0.717) is 28.2 Å². The standard InChI is InChI=1S/C26H24ClN3O/c1-17(2)20-7-6-8-21(15-20)19-11-13-22(14-12-19)30-16-25(18(3)29-31)28-26(30)23-9-4-5-10-24(23)27/h4-17,31H,1-3H3. The maximum absolute atomic E-state index is 9.22. The van der Waals surface area contributed by atoms with Gasteiger partial charge in [-0.2, -0.15) is 0 Å². The number of rotatable bonds is 5. The zero-order valence-electron chi connectivity index (χ0n) is 17.7. The largest absolute Gasteiger partial charge is 0.411 e. The average Bonchev–Trinajstić information content (AvgIpc) is 3.24. The molecule has 4 nitrogen and oxygen atoms in total. The van der Waals surface area contributed by atoms with Gasteiger partial charge in [-0.1, -0.05) is 79.1 Å². The van der Waals surface area contributed by atoms with Crippen LogP contribution in [-0.2, 0) is 0 Å². The first kappa shape index (κ1) is 20.9. The van der Waals surface area contributed by atoms with Crippen molar-refractivity contribution >= 4 is 17.3 Å². The summed E-state index contributed by atoms with van der Waals surface area (Å²) >= 11 is 6.45. The Balaban J connectivity index is 1.78. The molecule has 0 unspecified atom stereocenters. The molecule has 4 rings (SSSR count). The third-order valence-corrected chi connectivity index (χ3v) is 5.70. The number of aromatic nitrogens is 2. The molecule has 0 aliphatic rings. The lowest BCUT2D eigenvalue weighted by Crippen LogP contribution is -1.97. The van der Waals surface area contributed by atoms with Crippen LogP contribution in [0.3, 0.4) is 0 Å². The van der Waals surface area contributed by atoms with Gasteiger partial charge in [0.25, 0.3) is 0 Å². The zero-order valence-corrected chi connectivity index (χ0v) is 18.5. The van der Waals surface area contributed by atoms with Crippen LogP contribution in [0.2, 0.25) is 5.02 Å². The lowest BCUT2D eigenvalue weighted by Gasteiger charge is -2.11. The van der Waals surface area contributed by atoms with Gasteiger partial charge in [0.1, 0.15) is 17.2 Å². The van der Waals surface area contributed by atoms with Gasteiger partial charge in [0.15, 0.2) is 0 Å². The summed E-state index contributed by atoms with van der Waals surface area (Å²) in [5, 5.41) is 13.1. The quantitative estimate of drug-likeness (QED) is 0.207. The highest BCUT2D eigenvalue weighted by atomic mass is 35.5. The second-order valence-corrected chi connectivity index (χ2v) is 8.22. The van der Waals surface area contributed by atoms with Gasteiger partial charge in [-0.3, -0.25) is 4.57 Å². The molecule has 31 heavy (non-hydrogen) atoms. The molecule has 4 aromatic rings. The van der Waals surface area contributed by atoms with Crippen LogP contribution >= 0.6 is 11.6 Å². The first-order valence-corrected chi connectivity index (χ1v) is 10.6. The number of halogens is 1. The monoisotopic (exact) mass is 429 g/mol. The van der Waals surface area contributed by atoms with E-state index in [2.05, 4.69) is 72.5 Å². The van der Waals surface area contributed by atoms with Gasteiger partial charge < -0.3 is 5.21 Å². The van der Waals surface area contributed by atoms with Crippen LogP contribution < -0.4 is 0 Å². The van der Waals surface area contributed by atoms with Crippen LogP contribution in [0.5, 0.6) is 0 Å². The molecule has 0 spiro atoms. The Labute approximate surface area is 187 Å². The van der Waals surface area contributed by atoms with E-state index in [9.17, 15) is 5.21 Å². The molecule has 1 N–H and O–H groups in total. The van der Waals surface area contributed by atoms with E-state index < -0.39 is 0 Å². The van der Waals surface area contributed by atoms with Gasteiger partial charge in [-0.15, -0.1) is 0 Å². The van der Waals surface area contributed by atoms with E-state index in [1.54, 1.807) is 6.92 Å². The van der Waals surface area contributed by atoms with E-state index >= 15 is 0 Å². The van der Waals surface area contributed by atoms with Crippen LogP contribution in [0.1, 0.15) is 37.9 Å². The van der Waals surface area contributed by atoms with E-state index in [1.807, 2.05) is 35.0 Å². The van der Waals surface area contributed by atoms with E-state index in [-0.39, 0.29) is 0 Å². The molecule has 0 aliphatic carbocycles. The Kier molecular flexibility index (Phi) is 5.92. The van der Waals surface area contributed by atoms with Gasteiger partial charge in [0, 0.05) is 17.4 Å². The highest BCUT2D eigenvalue weighted by Gasteiger charge is 2.16. The van der Waals surface area contributed by atoms with Gasteiger partial charge in [-0.25, -0.2) is 4.98 Å². The normalized spacial score (nSPS) is 11.8. The molecule has 0 saturated heterocycles. The van der Waals surface area contributed by atoms with Crippen LogP contribution in [0.15, 0.2) is 84.1 Å². The summed E-state index contributed by atoms with van der Waals surface area (Å²) in [7, 11) is 0. The Morgan fingerprint density at radius 2 is 1.71 bits per heavy atom. The van der Waals surface area contributed by atoms with Crippen molar-refractivity contribution in [2.75, 3.05) is 0 Å². The minimum absolute atomic E-state index is 0.439.